The van der Waals surface area contributed by atoms with E-state index >= 15 is 0 Å². The molecule has 4 rings (SSSR count). The molecule has 0 aliphatic carbocycles. The number of aromatic nitrogens is 4. The second-order valence-corrected chi connectivity index (χ2v) is 11.8. The van der Waals surface area contributed by atoms with Crippen LogP contribution in [0.3, 0.4) is 0 Å². The van der Waals surface area contributed by atoms with Gasteiger partial charge in [0.05, 0.1) is 6.07 Å². The normalized spacial score (nSPS) is 19.6. The van der Waals surface area contributed by atoms with Crippen molar-refractivity contribution in [2.45, 2.75) is 42.0 Å². The van der Waals surface area contributed by atoms with Crippen molar-refractivity contribution in [2.75, 3.05) is 11.5 Å². The number of nitriles is 1. The molecule has 1 fully saturated rings. The van der Waals surface area contributed by atoms with Gasteiger partial charge in [0.2, 0.25) is 11.1 Å². The number of β-lactam (4-membered cyclic amide) rings is 1. The molecule has 14 nitrogen and oxygen atoms in total. The van der Waals surface area contributed by atoms with Crippen LogP contribution in [-0.4, -0.2) is 82.5 Å². The van der Waals surface area contributed by atoms with E-state index in [0.717, 1.165) is 0 Å². The molecule has 4 amide bonds. The number of amides is 4. The summed E-state index contributed by atoms with van der Waals surface area (Å²) in [5.41, 5.74) is -0.736. The molecule has 0 aromatic carbocycles. The monoisotopic (exact) mass is 577 g/mol. The maximum atomic E-state index is 13.2. The zero-order chi connectivity index (χ0) is 27.6. The van der Waals surface area contributed by atoms with Gasteiger partial charge in [0.15, 0.2) is 0 Å². The number of aliphatic carboxylic acids is 1. The maximum Gasteiger partial charge on any atom is 0.352 e. The Hall–Kier alpha value is -3.62. The van der Waals surface area contributed by atoms with Crippen LogP contribution in [0, 0.1) is 11.3 Å². The second kappa shape index (κ2) is 11.0. The summed E-state index contributed by atoms with van der Waals surface area (Å²) in [4.78, 5) is 52.6. The van der Waals surface area contributed by atoms with Gasteiger partial charge in [-0.15, -0.1) is 28.2 Å². The smallest absolute Gasteiger partial charge is 0.352 e. The van der Waals surface area contributed by atoms with E-state index in [2.05, 4.69) is 31.5 Å². The van der Waals surface area contributed by atoms with E-state index in [9.17, 15) is 29.5 Å². The van der Waals surface area contributed by atoms with E-state index < -0.39 is 46.8 Å². The lowest BCUT2D eigenvalue weighted by atomic mass is 10.0. The fourth-order valence-corrected chi connectivity index (χ4v) is 6.83. The predicted molar refractivity (Wildman–Crippen MR) is 138 cm³/mol. The first-order chi connectivity index (χ1) is 18.0. The maximum absolute atomic E-state index is 13.2. The summed E-state index contributed by atoms with van der Waals surface area (Å²) < 4.78 is 1.46. The lowest BCUT2D eigenvalue weighted by molar-refractivity contribution is -0.150. The quantitative estimate of drug-likeness (QED) is 0.239. The summed E-state index contributed by atoms with van der Waals surface area (Å²) in [7, 11) is 1.67. The Balaban J connectivity index is 1.47. The fourth-order valence-electron chi connectivity index (χ4n) is 3.73. The standard InChI is InChI=1S/C21H23N9O5S3/c1-21(2,9-22)25-19(35)24-12(11-5-4-6-36-11)15(31)23-13-16(32)30-14(18(33)34)10(7-37-17(13)30)8-38-20-26-27-28-29(20)3/h4-6,12-13,17H,7-8H2,1-3H3,(H,23,31)(H,33,34)(H2,24,25,35)/t12?,13-,17?/m0/s1. The highest BCUT2D eigenvalue weighted by molar-refractivity contribution is 8.01. The highest BCUT2D eigenvalue weighted by atomic mass is 32.2. The number of carbonyl (C=O) groups excluding carboxylic acids is 3. The van der Waals surface area contributed by atoms with Crippen molar-refractivity contribution in [3.63, 3.8) is 0 Å². The van der Waals surface area contributed by atoms with Crippen LogP contribution in [0.15, 0.2) is 33.9 Å². The van der Waals surface area contributed by atoms with Crippen molar-refractivity contribution in [2.24, 2.45) is 7.05 Å². The van der Waals surface area contributed by atoms with E-state index in [1.54, 1.807) is 24.6 Å². The average molecular weight is 578 g/mol. The minimum Gasteiger partial charge on any atom is -0.477 e. The molecule has 1 saturated heterocycles. The van der Waals surface area contributed by atoms with Gasteiger partial charge in [0, 0.05) is 23.4 Å². The summed E-state index contributed by atoms with van der Waals surface area (Å²) in [6, 6.07) is 2.50. The lowest BCUT2D eigenvalue weighted by Crippen LogP contribution is -2.71. The fraction of sp³-hybridized carbons (Fsp3) is 0.429. The van der Waals surface area contributed by atoms with Gasteiger partial charge in [-0.3, -0.25) is 14.5 Å². The number of carboxylic acids is 1. The molecule has 2 aliphatic rings. The number of thioether (sulfide) groups is 2. The zero-order valence-corrected chi connectivity index (χ0v) is 22.8. The number of rotatable bonds is 9. The van der Waals surface area contributed by atoms with Crippen LogP contribution in [0.25, 0.3) is 0 Å². The summed E-state index contributed by atoms with van der Waals surface area (Å²) in [5, 5.41) is 39.6. The summed E-state index contributed by atoms with van der Waals surface area (Å²) in [5.74, 6) is -1.83. The molecule has 200 valence electrons. The summed E-state index contributed by atoms with van der Waals surface area (Å²) in [6.07, 6.45) is 0. The van der Waals surface area contributed by atoms with Crippen LogP contribution < -0.4 is 16.0 Å². The Morgan fingerprint density at radius 3 is 2.76 bits per heavy atom. The van der Waals surface area contributed by atoms with Gasteiger partial charge in [-0.1, -0.05) is 17.8 Å². The van der Waals surface area contributed by atoms with E-state index in [0.29, 0.717) is 21.4 Å². The van der Waals surface area contributed by atoms with E-state index in [1.807, 2.05) is 6.07 Å². The van der Waals surface area contributed by atoms with Crippen molar-refractivity contribution < 1.29 is 24.3 Å². The predicted octanol–water partition coefficient (Wildman–Crippen LogP) is 0.445. The first kappa shape index (κ1) is 27.4. The number of aryl methyl sites for hydroxylation is 1. The van der Waals surface area contributed by atoms with Crippen molar-refractivity contribution in [1.29, 1.82) is 5.26 Å². The van der Waals surface area contributed by atoms with Gasteiger partial charge in [-0.05, 0) is 41.3 Å². The molecule has 2 aromatic rings. The highest BCUT2D eigenvalue weighted by Gasteiger charge is 2.54. The molecule has 0 bridgehead atoms. The Morgan fingerprint density at radius 2 is 2.16 bits per heavy atom. The topological polar surface area (TPSA) is 195 Å². The van der Waals surface area contributed by atoms with E-state index in [1.165, 1.54) is 58.3 Å². The molecule has 0 radical (unpaired) electrons. The molecule has 3 atom stereocenters. The van der Waals surface area contributed by atoms with Crippen LogP contribution in [0.2, 0.25) is 0 Å². The highest BCUT2D eigenvalue weighted by Crippen LogP contribution is 2.41. The van der Waals surface area contributed by atoms with Gasteiger partial charge in [0.1, 0.15) is 28.7 Å². The number of fused-ring (bicyclic) bond motifs is 1. The molecule has 4 N–H and O–H groups in total. The molecule has 4 heterocycles. The van der Waals surface area contributed by atoms with Gasteiger partial charge in [-0.2, -0.15) is 5.26 Å². The molecule has 2 aliphatic heterocycles. The molecule has 2 aromatic heterocycles. The summed E-state index contributed by atoms with van der Waals surface area (Å²) >= 11 is 3.83. The average Bonchev–Trinajstić information content (AvgIpc) is 3.55. The molecular weight excluding hydrogens is 554 g/mol. The molecule has 2 unspecified atom stereocenters. The van der Waals surface area contributed by atoms with Crippen LogP contribution in [-0.2, 0) is 21.4 Å². The Bertz CT molecular complexity index is 1330. The number of nitrogens with one attached hydrogen (secondary N) is 3. The molecule has 0 saturated carbocycles. The van der Waals surface area contributed by atoms with Gasteiger partial charge >= 0.3 is 12.0 Å². The number of tetrazole rings is 1. The number of carbonyl (C=O) groups is 4. The van der Waals surface area contributed by atoms with Crippen LogP contribution in [0.1, 0.15) is 24.8 Å². The Morgan fingerprint density at radius 1 is 1.39 bits per heavy atom. The van der Waals surface area contributed by atoms with Crippen LogP contribution in [0.5, 0.6) is 0 Å². The van der Waals surface area contributed by atoms with Crippen molar-refractivity contribution >= 4 is 58.7 Å². The third-order valence-corrected chi connectivity index (χ3v) is 8.95. The number of nitrogens with zero attached hydrogens (tertiary/aromatic N) is 6. The van der Waals surface area contributed by atoms with Gasteiger partial charge in [0.25, 0.3) is 5.91 Å². The number of thiophene rings is 1. The SMILES string of the molecule is Cn1nnnc1SCC1=C(C(=O)O)N2C(=O)[C@H](NC(=O)C(NC(=O)NC(C)(C)C#N)c3cccs3)C2SC1. The number of hydrogen-bond acceptors (Lipinski definition) is 11. The molecule has 17 heteroatoms. The van der Waals surface area contributed by atoms with Crippen LogP contribution in [0.4, 0.5) is 4.79 Å². The van der Waals surface area contributed by atoms with Crippen molar-refractivity contribution in [1.82, 2.24) is 41.1 Å². The lowest BCUT2D eigenvalue weighted by Gasteiger charge is -2.49. The third kappa shape index (κ3) is 5.61. The summed E-state index contributed by atoms with van der Waals surface area (Å²) in [6.45, 7) is 3.03. The second-order valence-electron chi connectivity index (χ2n) is 8.81. The van der Waals surface area contributed by atoms with Gasteiger partial charge in [-0.25, -0.2) is 14.3 Å². The number of carboxylic acid groups (broad SMARTS) is 1. The molecule has 38 heavy (non-hydrogen) atoms. The van der Waals surface area contributed by atoms with E-state index in [-0.39, 0.29) is 11.4 Å². The minimum atomic E-state index is -1.24. The van der Waals surface area contributed by atoms with Crippen LogP contribution >= 0.6 is 34.9 Å². The van der Waals surface area contributed by atoms with E-state index in [4.69, 9.17) is 0 Å². The first-order valence-electron chi connectivity index (χ1n) is 11.1. The molecule has 0 spiro atoms. The van der Waals surface area contributed by atoms with Crippen molar-refractivity contribution in [3.05, 3.63) is 33.7 Å². The largest absolute Gasteiger partial charge is 0.477 e. The van der Waals surface area contributed by atoms with Gasteiger partial charge < -0.3 is 21.1 Å². The van der Waals surface area contributed by atoms with Crippen molar-refractivity contribution in [3.8, 4) is 6.07 Å². The zero-order valence-electron chi connectivity index (χ0n) is 20.4. The third-order valence-electron chi connectivity index (χ3n) is 5.58. The molecular formula is C21H23N9O5S3. The Labute approximate surface area is 229 Å². The first-order valence-corrected chi connectivity index (χ1v) is 14.0. The number of urea groups is 1. The Kier molecular flexibility index (Phi) is 7.94. The minimum absolute atomic E-state index is 0.113. The number of hydrogen-bond donors (Lipinski definition) is 4.